The summed E-state index contributed by atoms with van der Waals surface area (Å²) in [4.78, 5) is 12.9. The molecule has 7 heteroatoms. The van der Waals surface area contributed by atoms with E-state index in [1.54, 1.807) is 4.57 Å². The molecular weight excluding hydrogens is 340 g/mol. The van der Waals surface area contributed by atoms with Gasteiger partial charge in [-0.3, -0.25) is 13.8 Å². The average molecular weight is 356 g/mol. The molecule has 0 unspecified atom stereocenters. The van der Waals surface area contributed by atoms with E-state index in [1.807, 2.05) is 22.1 Å². The van der Waals surface area contributed by atoms with E-state index in [4.69, 9.17) is 0 Å². The van der Waals surface area contributed by atoms with Gasteiger partial charge in [0.05, 0.1) is 12.1 Å². The summed E-state index contributed by atoms with van der Waals surface area (Å²) in [5.74, 6) is 0.592. The summed E-state index contributed by atoms with van der Waals surface area (Å²) in [6.07, 6.45) is 2.97. The van der Waals surface area contributed by atoms with Gasteiger partial charge in [-0.2, -0.15) is 0 Å². The van der Waals surface area contributed by atoms with E-state index in [9.17, 15) is 4.79 Å². The lowest BCUT2D eigenvalue weighted by molar-refractivity contribution is 0.765. The van der Waals surface area contributed by atoms with E-state index in [1.165, 1.54) is 28.7 Å². The molecule has 24 heavy (non-hydrogen) atoms. The van der Waals surface area contributed by atoms with Crippen molar-refractivity contribution in [2.24, 2.45) is 0 Å². The zero-order valence-corrected chi connectivity index (χ0v) is 15.0. The van der Waals surface area contributed by atoms with Crippen molar-refractivity contribution < 1.29 is 0 Å². The largest absolute Gasteiger partial charge is 0.273 e. The van der Waals surface area contributed by atoms with Gasteiger partial charge in [-0.1, -0.05) is 43.0 Å². The Kier molecular flexibility index (Phi) is 3.90. The Morgan fingerprint density at radius 3 is 2.58 bits per heavy atom. The highest BCUT2D eigenvalue weighted by Gasteiger charge is 2.17. The van der Waals surface area contributed by atoms with E-state index >= 15 is 0 Å². The van der Waals surface area contributed by atoms with Gasteiger partial charge in [-0.15, -0.1) is 21.5 Å². The fraction of sp³-hybridized carbons (Fsp3) is 0.235. The summed E-state index contributed by atoms with van der Waals surface area (Å²) in [6.45, 7) is 2.63. The highest BCUT2D eigenvalue weighted by atomic mass is 32.2. The van der Waals surface area contributed by atoms with Gasteiger partial charge in [-0.05, 0) is 35.2 Å². The second-order valence-corrected chi connectivity index (χ2v) is 7.21. The number of hydrogen-bond donors (Lipinski definition) is 0. The molecule has 0 aliphatic rings. The minimum Gasteiger partial charge on any atom is -0.271 e. The minimum atomic E-state index is -0.00730. The van der Waals surface area contributed by atoms with Gasteiger partial charge in [0.1, 0.15) is 4.70 Å². The molecular formula is C17H16N4OS2. The van der Waals surface area contributed by atoms with E-state index in [0.29, 0.717) is 12.3 Å². The van der Waals surface area contributed by atoms with Gasteiger partial charge in [0, 0.05) is 0 Å². The molecule has 0 aliphatic carbocycles. The van der Waals surface area contributed by atoms with Gasteiger partial charge < -0.3 is 0 Å². The first kappa shape index (κ1) is 15.4. The van der Waals surface area contributed by atoms with Crippen LogP contribution in [0.5, 0.6) is 0 Å². The molecule has 0 amide bonds. The lowest BCUT2D eigenvalue weighted by Gasteiger charge is -2.09. The Morgan fingerprint density at radius 1 is 1.12 bits per heavy atom. The van der Waals surface area contributed by atoms with Crippen LogP contribution in [0, 0.1) is 0 Å². The predicted molar refractivity (Wildman–Crippen MR) is 99.3 cm³/mol. The summed E-state index contributed by atoms with van der Waals surface area (Å²) in [6, 6.07) is 10.3. The number of aromatic nitrogens is 4. The Balaban J connectivity index is 1.93. The molecule has 1 aromatic carbocycles. The van der Waals surface area contributed by atoms with Crippen molar-refractivity contribution in [2.45, 2.75) is 25.0 Å². The van der Waals surface area contributed by atoms with Gasteiger partial charge in [0.15, 0.2) is 5.16 Å². The molecule has 5 nitrogen and oxygen atoms in total. The average Bonchev–Trinajstić information content (AvgIpc) is 3.25. The predicted octanol–water partition coefficient (Wildman–Crippen LogP) is 3.44. The van der Waals surface area contributed by atoms with Crippen LogP contribution < -0.4 is 5.56 Å². The molecule has 4 rings (SSSR count). The summed E-state index contributed by atoms with van der Waals surface area (Å²) in [7, 11) is 0. The number of benzene rings is 1. The number of hydrogen-bond acceptors (Lipinski definition) is 5. The third kappa shape index (κ3) is 2.35. The molecule has 0 aliphatic heterocycles. The number of nitrogens with zero attached hydrogens (tertiary/aromatic N) is 4. The SMILES string of the molecule is CCc1ccc(Cn2c(=O)c3sccc3n3c(SC)nnc23)cc1. The molecule has 0 saturated carbocycles. The van der Waals surface area contributed by atoms with Gasteiger partial charge >= 0.3 is 0 Å². The molecule has 0 bridgehead atoms. The van der Waals surface area contributed by atoms with Crippen LogP contribution in [0.4, 0.5) is 0 Å². The smallest absolute Gasteiger partial charge is 0.271 e. The fourth-order valence-electron chi connectivity index (χ4n) is 2.84. The lowest BCUT2D eigenvalue weighted by atomic mass is 10.1. The second kappa shape index (κ2) is 6.07. The molecule has 3 heterocycles. The Bertz CT molecular complexity index is 1080. The van der Waals surface area contributed by atoms with Gasteiger partial charge in [-0.25, -0.2) is 0 Å². The molecule has 3 aromatic heterocycles. The molecule has 0 saturated heterocycles. The number of rotatable bonds is 4. The van der Waals surface area contributed by atoms with Gasteiger partial charge in [0.25, 0.3) is 5.56 Å². The molecule has 0 fully saturated rings. The number of fused-ring (bicyclic) bond motifs is 3. The fourth-order valence-corrected chi connectivity index (χ4v) is 4.15. The van der Waals surface area contributed by atoms with Gasteiger partial charge in [0.2, 0.25) is 5.78 Å². The summed E-state index contributed by atoms with van der Waals surface area (Å²) in [5, 5.41) is 11.2. The zero-order valence-electron chi connectivity index (χ0n) is 13.4. The molecule has 4 aromatic rings. The Hall–Kier alpha value is -2.12. The van der Waals surface area contributed by atoms with Crippen molar-refractivity contribution >= 4 is 39.1 Å². The maximum Gasteiger partial charge on any atom is 0.273 e. The number of thiophene rings is 1. The second-order valence-electron chi connectivity index (χ2n) is 5.52. The van der Waals surface area contributed by atoms with Crippen LogP contribution in [-0.4, -0.2) is 25.4 Å². The molecule has 0 spiro atoms. The third-order valence-electron chi connectivity index (χ3n) is 4.14. The Morgan fingerprint density at radius 2 is 1.88 bits per heavy atom. The monoisotopic (exact) mass is 356 g/mol. The van der Waals surface area contributed by atoms with E-state index in [2.05, 4.69) is 41.4 Å². The van der Waals surface area contributed by atoms with Crippen LogP contribution in [0.25, 0.3) is 16.0 Å². The first-order valence-electron chi connectivity index (χ1n) is 7.70. The van der Waals surface area contributed by atoms with Crippen molar-refractivity contribution in [3.63, 3.8) is 0 Å². The quantitative estimate of drug-likeness (QED) is 0.526. The maximum atomic E-state index is 12.9. The Labute approximate surface area is 147 Å². The molecule has 0 radical (unpaired) electrons. The lowest BCUT2D eigenvalue weighted by Crippen LogP contribution is -2.23. The van der Waals surface area contributed by atoms with Crippen molar-refractivity contribution in [1.29, 1.82) is 0 Å². The highest BCUT2D eigenvalue weighted by molar-refractivity contribution is 7.98. The topological polar surface area (TPSA) is 52.2 Å². The standard InChI is InChI=1S/C17H16N4OS2/c1-3-11-4-6-12(7-5-11)10-20-15(22)14-13(8-9-24-14)21-16(20)18-19-17(21)23-2/h4-9H,3,10H2,1-2H3. The van der Waals surface area contributed by atoms with Crippen LogP contribution in [0.15, 0.2) is 45.7 Å². The van der Waals surface area contributed by atoms with Crippen LogP contribution >= 0.6 is 23.1 Å². The molecule has 122 valence electrons. The third-order valence-corrected chi connectivity index (χ3v) is 5.66. The van der Waals surface area contributed by atoms with Crippen molar-refractivity contribution in [1.82, 2.24) is 19.2 Å². The van der Waals surface area contributed by atoms with Crippen molar-refractivity contribution in [2.75, 3.05) is 6.26 Å². The molecule has 0 N–H and O–H groups in total. The number of aryl methyl sites for hydroxylation is 1. The maximum absolute atomic E-state index is 12.9. The summed E-state index contributed by atoms with van der Waals surface area (Å²) in [5.41, 5.74) is 3.25. The minimum absolute atomic E-state index is 0.00730. The van der Waals surface area contributed by atoms with Crippen molar-refractivity contribution in [3.05, 3.63) is 57.2 Å². The normalized spacial score (nSPS) is 11.6. The number of thioether (sulfide) groups is 1. The van der Waals surface area contributed by atoms with Crippen LogP contribution in [0.3, 0.4) is 0 Å². The summed E-state index contributed by atoms with van der Waals surface area (Å²) >= 11 is 2.99. The van der Waals surface area contributed by atoms with E-state index < -0.39 is 0 Å². The highest BCUT2D eigenvalue weighted by Crippen LogP contribution is 2.23. The van der Waals surface area contributed by atoms with Crippen LogP contribution in [0.1, 0.15) is 18.1 Å². The van der Waals surface area contributed by atoms with Crippen LogP contribution in [0.2, 0.25) is 0 Å². The van der Waals surface area contributed by atoms with E-state index in [-0.39, 0.29) is 5.56 Å². The van der Waals surface area contributed by atoms with Crippen molar-refractivity contribution in [3.8, 4) is 0 Å². The van der Waals surface area contributed by atoms with E-state index in [0.717, 1.165) is 27.4 Å². The zero-order chi connectivity index (χ0) is 16.7. The first-order valence-corrected chi connectivity index (χ1v) is 9.80. The summed E-state index contributed by atoms with van der Waals surface area (Å²) < 4.78 is 4.42. The first-order chi connectivity index (χ1) is 11.7. The van der Waals surface area contributed by atoms with Crippen LogP contribution in [-0.2, 0) is 13.0 Å². The molecule has 0 atom stereocenters.